The van der Waals surface area contributed by atoms with E-state index in [1.165, 1.54) is 0 Å². The van der Waals surface area contributed by atoms with E-state index in [0.717, 1.165) is 49.7 Å². The van der Waals surface area contributed by atoms with Crippen LogP contribution in [0.3, 0.4) is 0 Å². The van der Waals surface area contributed by atoms with Crippen molar-refractivity contribution >= 4 is 27.6 Å². The zero-order valence-corrected chi connectivity index (χ0v) is 24.1. The minimum absolute atomic E-state index is 0.474. The first kappa shape index (κ1) is 26.3. The number of para-hydroxylation sites is 1. The summed E-state index contributed by atoms with van der Waals surface area (Å²) in [5.41, 5.74) is 8.81. The van der Waals surface area contributed by atoms with Gasteiger partial charge < -0.3 is 4.42 Å². The van der Waals surface area contributed by atoms with Crippen LogP contribution in [0.2, 0.25) is 0 Å². The molecule has 0 bridgehead atoms. The molecule has 0 amide bonds. The molecule has 2 heterocycles. The molecule has 210 valence electrons. The van der Waals surface area contributed by atoms with Crippen molar-refractivity contribution in [1.82, 2.24) is 15.0 Å². The van der Waals surface area contributed by atoms with Gasteiger partial charge in [0.2, 0.25) is 0 Å². The number of hydrogen-bond donors (Lipinski definition) is 0. The maximum absolute atomic E-state index is 7.96. The molecule has 0 saturated carbocycles. The molecule has 0 aliphatic heterocycles. The van der Waals surface area contributed by atoms with Gasteiger partial charge in [-0.25, -0.2) is 19.8 Å². The lowest BCUT2D eigenvalue weighted by Crippen LogP contribution is -2.00. The third-order valence-electron chi connectivity index (χ3n) is 7.97. The Balaban J connectivity index is 1.28. The molecule has 2 aromatic heterocycles. The molecule has 0 saturated heterocycles. The third-order valence-corrected chi connectivity index (χ3v) is 7.97. The second-order valence-electron chi connectivity index (χ2n) is 10.8. The summed E-state index contributed by atoms with van der Waals surface area (Å²) >= 11 is 0. The quantitative estimate of drug-likeness (QED) is 0.191. The van der Waals surface area contributed by atoms with Crippen molar-refractivity contribution in [3.8, 4) is 56.4 Å². The number of rotatable bonds is 5. The van der Waals surface area contributed by atoms with Gasteiger partial charge in [-0.1, -0.05) is 127 Å². The lowest BCUT2D eigenvalue weighted by molar-refractivity contribution is 0.669. The van der Waals surface area contributed by atoms with Crippen molar-refractivity contribution in [1.29, 1.82) is 0 Å². The molecule has 0 fully saturated rings. The van der Waals surface area contributed by atoms with Gasteiger partial charge in [0.15, 0.2) is 23.2 Å². The first-order chi connectivity index (χ1) is 22.2. The van der Waals surface area contributed by atoms with E-state index in [4.69, 9.17) is 25.9 Å². The van der Waals surface area contributed by atoms with E-state index in [1.807, 2.05) is 97.1 Å². The van der Waals surface area contributed by atoms with Crippen LogP contribution >= 0.6 is 0 Å². The Labute approximate surface area is 260 Å². The molecular formula is C40H24N4O. The number of aromatic nitrogens is 3. The lowest BCUT2D eigenvalue weighted by Gasteiger charge is -2.10. The summed E-state index contributed by atoms with van der Waals surface area (Å²) in [4.78, 5) is 18.7. The Kier molecular flexibility index (Phi) is 6.44. The summed E-state index contributed by atoms with van der Waals surface area (Å²) in [6.07, 6.45) is 0. The molecule has 8 aromatic rings. The lowest BCUT2D eigenvalue weighted by atomic mass is 10.0. The molecule has 0 atom stereocenters. The predicted octanol–water partition coefficient (Wildman–Crippen LogP) is 10.7. The van der Waals surface area contributed by atoms with E-state index in [9.17, 15) is 0 Å². The smallest absolute Gasteiger partial charge is 0.199 e. The van der Waals surface area contributed by atoms with Gasteiger partial charge in [0, 0.05) is 27.5 Å². The second-order valence-corrected chi connectivity index (χ2v) is 10.8. The van der Waals surface area contributed by atoms with Crippen molar-refractivity contribution < 1.29 is 4.42 Å². The number of furan rings is 1. The van der Waals surface area contributed by atoms with E-state index < -0.39 is 0 Å². The van der Waals surface area contributed by atoms with Crippen LogP contribution in [-0.2, 0) is 0 Å². The highest BCUT2D eigenvalue weighted by molar-refractivity contribution is 6.12. The normalized spacial score (nSPS) is 11.1. The highest BCUT2D eigenvalue weighted by Crippen LogP contribution is 2.39. The first-order valence-corrected chi connectivity index (χ1v) is 14.6. The molecule has 5 nitrogen and oxygen atoms in total. The van der Waals surface area contributed by atoms with Crippen molar-refractivity contribution in [3.05, 3.63) is 157 Å². The fraction of sp³-hybridized carbons (Fsp3) is 0. The molecular weight excluding hydrogens is 552 g/mol. The fourth-order valence-corrected chi connectivity index (χ4v) is 5.70. The minimum Gasteiger partial charge on any atom is -0.457 e. The van der Waals surface area contributed by atoms with E-state index in [0.29, 0.717) is 34.3 Å². The Morgan fingerprint density at radius 3 is 1.40 bits per heavy atom. The number of fused-ring (bicyclic) bond motifs is 3. The molecule has 0 aliphatic carbocycles. The van der Waals surface area contributed by atoms with E-state index in [-0.39, 0.29) is 0 Å². The summed E-state index contributed by atoms with van der Waals surface area (Å²) in [5.74, 6) is 1.58. The molecule has 45 heavy (non-hydrogen) atoms. The molecule has 6 aromatic carbocycles. The topological polar surface area (TPSA) is 56.2 Å². The van der Waals surface area contributed by atoms with Gasteiger partial charge >= 0.3 is 0 Å². The van der Waals surface area contributed by atoms with Gasteiger partial charge in [-0.15, -0.1) is 0 Å². The molecule has 0 unspecified atom stereocenters. The predicted molar refractivity (Wildman–Crippen MR) is 181 cm³/mol. The van der Waals surface area contributed by atoms with Gasteiger partial charge in [-0.05, 0) is 40.5 Å². The maximum atomic E-state index is 7.96. The van der Waals surface area contributed by atoms with Gasteiger partial charge in [0.25, 0.3) is 0 Å². The van der Waals surface area contributed by atoms with Crippen molar-refractivity contribution in [2.75, 3.05) is 0 Å². The average molecular weight is 577 g/mol. The second kappa shape index (κ2) is 11.0. The molecule has 0 aliphatic rings. The molecule has 8 rings (SSSR count). The number of benzene rings is 6. The monoisotopic (exact) mass is 576 g/mol. The van der Waals surface area contributed by atoms with Crippen LogP contribution in [0.1, 0.15) is 0 Å². The van der Waals surface area contributed by atoms with Crippen molar-refractivity contribution in [2.24, 2.45) is 0 Å². The summed E-state index contributed by atoms with van der Waals surface area (Å²) in [5, 5.41) is 1.71. The van der Waals surface area contributed by atoms with Crippen LogP contribution in [0.5, 0.6) is 0 Å². The molecule has 5 heteroatoms. The van der Waals surface area contributed by atoms with Crippen LogP contribution in [0.4, 0.5) is 5.69 Å². The van der Waals surface area contributed by atoms with Crippen LogP contribution in [0.25, 0.3) is 83.2 Å². The van der Waals surface area contributed by atoms with Crippen molar-refractivity contribution in [3.63, 3.8) is 0 Å². The summed E-state index contributed by atoms with van der Waals surface area (Å²) in [6, 6.07) is 48.6. The third kappa shape index (κ3) is 4.91. The maximum Gasteiger partial charge on any atom is 0.199 e. The highest BCUT2D eigenvalue weighted by atomic mass is 16.3. The van der Waals surface area contributed by atoms with E-state index >= 15 is 0 Å². The fourth-order valence-electron chi connectivity index (χ4n) is 5.70. The Bertz CT molecular complexity index is 2250. The SMILES string of the molecule is [C-]#[N+]c1cc(-c2nc(-c3ccc(-c4ccccc4)cc3)nc(-c3ccc(-c4ccccc4)cc3)n2)cc2oc3ccccc3c12. The summed E-state index contributed by atoms with van der Waals surface area (Å²) in [7, 11) is 0. The van der Waals surface area contributed by atoms with Gasteiger partial charge in [-0.2, -0.15) is 0 Å². The van der Waals surface area contributed by atoms with Gasteiger partial charge in [0.1, 0.15) is 11.2 Å². The number of nitrogens with zero attached hydrogens (tertiary/aromatic N) is 4. The van der Waals surface area contributed by atoms with E-state index in [2.05, 4.69) is 53.4 Å². The van der Waals surface area contributed by atoms with Crippen molar-refractivity contribution in [2.45, 2.75) is 0 Å². The summed E-state index contributed by atoms with van der Waals surface area (Å²) < 4.78 is 6.18. The Morgan fingerprint density at radius 2 is 0.867 bits per heavy atom. The largest absolute Gasteiger partial charge is 0.457 e. The van der Waals surface area contributed by atoms with Gasteiger partial charge in [0.05, 0.1) is 6.57 Å². The highest BCUT2D eigenvalue weighted by Gasteiger charge is 2.17. The Hall–Kier alpha value is -6.38. The standard InChI is InChI=1S/C40H24N4O/c1-41-34-24-32(25-36-37(34)33-14-8-9-15-35(33)45-36)40-43-38(30-20-16-28(17-21-30)26-10-4-2-5-11-26)42-39(44-40)31-22-18-29(19-23-31)27-12-6-3-7-13-27/h2-25H. The number of hydrogen-bond acceptors (Lipinski definition) is 4. The Morgan fingerprint density at radius 1 is 0.422 bits per heavy atom. The minimum atomic E-state index is 0.474. The van der Waals surface area contributed by atoms with Crippen LogP contribution in [0, 0.1) is 6.57 Å². The van der Waals surface area contributed by atoms with Crippen LogP contribution < -0.4 is 0 Å². The summed E-state index contributed by atoms with van der Waals surface area (Å²) in [6.45, 7) is 7.96. The molecule has 0 N–H and O–H groups in total. The average Bonchev–Trinajstić information content (AvgIpc) is 3.51. The van der Waals surface area contributed by atoms with Crippen LogP contribution in [0.15, 0.2) is 150 Å². The van der Waals surface area contributed by atoms with Crippen LogP contribution in [-0.4, -0.2) is 15.0 Å². The van der Waals surface area contributed by atoms with E-state index in [1.54, 1.807) is 0 Å². The molecule has 0 radical (unpaired) electrons. The molecule has 0 spiro atoms. The zero-order valence-electron chi connectivity index (χ0n) is 24.1. The zero-order chi connectivity index (χ0) is 30.2. The van der Waals surface area contributed by atoms with Gasteiger partial charge in [-0.3, -0.25) is 0 Å². The first-order valence-electron chi connectivity index (χ1n) is 14.6.